The smallest absolute Gasteiger partial charge is 0.273 e. The van der Waals surface area contributed by atoms with Crippen LogP contribution in [0.1, 0.15) is 32.7 Å². The van der Waals surface area contributed by atoms with Crippen LogP contribution in [0.3, 0.4) is 0 Å². The molecule has 11 heteroatoms. The molecule has 0 spiro atoms. The fourth-order valence-electron chi connectivity index (χ4n) is 5.04. The van der Waals surface area contributed by atoms with Gasteiger partial charge in [-0.1, -0.05) is 11.6 Å². The number of pyridine rings is 1. The number of ether oxygens (including phenoxy) is 1. The highest BCUT2D eigenvalue weighted by atomic mass is 35.5. The van der Waals surface area contributed by atoms with E-state index in [0.717, 1.165) is 12.1 Å². The number of nitro groups is 1. The first kappa shape index (κ1) is 24.6. The number of hydrogen-bond acceptors (Lipinski definition) is 6. The van der Waals surface area contributed by atoms with Crippen LogP contribution in [0, 0.1) is 28.8 Å². The fraction of sp³-hybridized carbons (Fsp3) is 0.269. The van der Waals surface area contributed by atoms with Crippen molar-refractivity contribution in [3.8, 4) is 11.6 Å². The quantitative estimate of drug-likeness (QED) is 0.348. The summed E-state index contributed by atoms with van der Waals surface area (Å²) in [6, 6.07) is 11.8. The molecular formula is C26H22ClFN4O5. The van der Waals surface area contributed by atoms with Crippen LogP contribution in [-0.4, -0.2) is 57.2 Å². The number of hydrogen-bond donors (Lipinski definition) is 0. The minimum absolute atomic E-state index is 0.00361. The lowest BCUT2D eigenvalue weighted by molar-refractivity contribution is -0.385. The van der Waals surface area contributed by atoms with Crippen molar-refractivity contribution in [2.24, 2.45) is 5.92 Å². The van der Waals surface area contributed by atoms with E-state index in [9.17, 15) is 24.1 Å². The van der Waals surface area contributed by atoms with Gasteiger partial charge >= 0.3 is 0 Å². The summed E-state index contributed by atoms with van der Waals surface area (Å²) in [6.45, 7) is 2.51. The molecule has 3 aromatic rings. The maximum absolute atomic E-state index is 14.5. The summed E-state index contributed by atoms with van der Waals surface area (Å²) in [6.07, 6.45) is 2.18. The lowest BCUT2D eigenvalue weighted by atomic mass is 10.0. The van der Waals surface area contributed by atoms with Crippen LogP contribution >= 0.6 is 11.6 Å². The van der Waals surface area contributed by atoms with Gasteiger partial charge in [-0.25, -0.2) is 9.37 Å². The Kier molecular flexibility index (Phi) is 6.51. The van der Waals surface area contributed by atoms with Crippen LogP contribution in [-0.2, 0) is 0 Å². The van der Waals surface area contributed by atoms with Crippen molar-refractivity contribution in [3.63, 3.8) is 0 Å². The van der Waals surface area contributed by atoms with E-state index in [0.29, 0.717) is 41.7 Å². The van der Waals surface area contributed by atoms with Crippen LogP contribution in [0.2, 0.25) is 5.02 Å². The van der Waals surface area contributed by atoms with Crippen molar-refractivity contribution in [2.45, 2.75) is 19.4 Å². The average molecular weight is 525 g/mol. The Morgan fingerprint density at radius 2 is 1.86 bits per heavy atom. The molecule has 190 valence electrons. The molecule has 9 nitrogen and oxygen atoms in total. The van der Waals surface area contributed by atoms with E-state index in [-0.39, 0.29) is 41.2 Å². The zero-order valence-corrected chi connectivity index (χ0v) is 20.5. The van der Waals surface area contributed by atoms with Crippen molar-refractivity contribution in [1.82, 2.24) is 14.8 Å². The molecule has 2 atom stereocenters. The Hall–Kier alpha value is -4.05. The molecule has 2 aliphatic heterocycles. The zero-order chi connectivity index (χ0) is 26.3. The molecular weight excluding hydrogens is 503 g/mol. The number of benzene rings is 2. The molecule has 2 aromatic carbocycles. The molecule has 2 aliphatic rings. The Balaban J connectivity index is 1.28. The number of halogens is 2. The number of rotatable bonds is 5. The van der Waals surface area contributed by atoms with E-state index in [1.165, 1.54) is 18.0 Å². The number of carbonyl (C=O) groups is 2. The SMILES string of the molecule is Cc1c([N+](=O)[O-])ccc(F)c1C(=O)N1C[C@@H]2CCN(C(=O)c3ccc(Oc4ccc(Cl)cn4)cc3)[C@@H]2C1. The summed E-state index contributed by atoms with van der Waals surface area (Å²) in [4.78, 5) is 44.4. The summed E-state index contributed by atoms with van der Waals surface area (Å²) in [5, 5.41) is 11.8. The normalized spacial score (nSPS) is 18.6. The van der Waals surface area contributed by atoms with Crippen molar-refractivity contribution >= 4 is 29.1 Å². The third-order valence-electron chi connectivity index (χ3n) is 6.92. The van der Waals surface area contributed by atoms with Gasteiger partial charge in [-0.3, -0.25) is 19.7 Å². The third-order valence-corrected chi connectivity index (χ3v) is 7.14. The average Bonchev–Trinajstić information content (AvgIpc) is 3.46. The van der Waals surface area contributed by atoms with Gasteiger partial charge < -0.3 is 14.5 Å². The van der Waals surface area contributed by atoms with Crippen molar-refractivity contribution < 1.29 is 23.6 Å². The van der Waals surface area contributed by atoms with Gasteiger partial charge in [-0.2, -0.15) is 0 Å². The monoisotopic (exact) mass is 524 g/mol. The van der Waals surface area contributed by atoms with E-state index in [4.69, 9.17) is 16.3 Å². The molecule has 1 aromatic heterocycles. The van der Waals surface area contributed by atoms with E-state index >= 15 is 0 Å². The Morgan fingerprint density at radius 1 is 1.11 bits per heavy atom. The highest BCUT2D eigenvalue weighted by Gasteiger charge is 2.45. The van der Waals surface area contributed by atoms with Gasteiger partial charge in [0.25, 0.3) is 17.5 Å². The second-order valence-corrected chi connectivity index (χ2v) is 9.53. The lowest BCUT2D eigenvalue weighted by Crippen LogP contribution is -2.41. The molecule has 37 heavy (non-hydrogen) atoms. The lowest BCUT2D eigenvalue weighted by Gasteiger charge is -2.25. The van der Waals surface area contributed by atoms with Crippen molar-refractivity contribution in [3.05, 3.63) is 92.4 Å². The largest absolute Gasteiger partial charge is 0.439 e. The predicted octanol–water partition coefficient (Wildman–Crippen LogP) is 4.87. The maximum atomic E-state index is 14.5. The van der Waals surface area contributed by atoms with Crippen LogP contribution in [0.15, 0.2) is 54.7 Å². The van der Waals surface area contributed by atoms with E-state index in [2.05, 4.69) is 4.98 Å². The van der Waals surface area contributed by atoms with Crippen LogP contribution in [0.5, 0.6) is 11.6 Å². The molecule has 2 saturated heterocycles. The van der Waals surface area contributed by atoms with Crippen LogP contribution < -0.4 is 4.74 Å². The summed E-state index contributed by atoms with van der Waals surface area (Å²) in [5.41, 5.74) is -0.128. The van der Waals surface area contributed by atoms with E-state index in [1.807, 2.05) is 0 Å². The zero-order valence-electron chi connectivity index (χ0n) is 19.8. The molecule has 2 amide bonds. The second-order valence-electron chi connectivity index (χ2n) is 9.09. The number of nitro benzene ring substituents is 1. The summed E-state index contributed by atoms with van der Waals surface area (Å²) in [7, 11) is 0. The Labute approximate surface area is 216 Å². The topological polar surface area (TPSA) is 106 Å². The second kappa shape index (κ2) is 9.78. The number of fused-ring (bicyclic) bond motifs is 1. The molecule has 5 rings (SSSR count). The van der Waals surface area contributed by atoms with Gasteiger partial charge in [0.15, 0.2) is 0 Å². The Bertz CT molecular complexity index is 1380. The maximum Gasteiger partial charge on any atom is 0.273 e. The number of amides is 2. The van der Waals surface area contributed by atoms with Gasteiger partial charge in [-0.15, -0.1) is 0 Å². The number of aromatic nitrogens is 1. The molecule has 3 heterocycles. The Morgan fingerprint density at radius 3 is 2.54 bits per heavy atom. The summed E-state index contributed by atoms with van der Waals surface area (Å²) in [5.74, 6) is -0.633. The van der Waals surface area contributed by atoms with Gasteiger partial charge in [0, 0.05) is 55.0 Å². The number of carbonyl (C=O) groups excluding carboxylic acids is 2. The fourth-order valence-corrected chi connectivity index (χ4v) is 5.15. The van der Waals surface area contributed by atoms with Gasteiger partial charge in [0.1, 0.15) is 11.6 Å². The van der Waals surface area contributed by atoms with Crippen molar-refractivity contribution in [1.29, 1.82) is 0 Å². The summed E-state index contributed by atoms with van der Waals surface area (Å²) >= 11 is 5.84. The highest BCUT2D eigenvalue weighted by Crippen LogP contribution is 2.35. The number of nitrogens with zero attached hydrogens (tertiary/aromatic N) is 4. The standard InChI is InChI=1S/C26H22ClFN4O5/c1-15-21(32(35)36)8-7-20(28)24(15)26(34)30-13-17-10-11-31(22(17)14-30)25(33)16-2-5-19(6-3-16)37-23-9-4-18(27)12-29-23/h2-9,12,17,22H,10-11,13-14H2,1H3/t17-,22+/m0/s1. The number of likely N-dealkylation sites (tertiary alicyclic amines) is 2. The van der Waals surface area contributed by atoms with Gasteiger partial charge in [0.05, 0.1) is 21.6 Å². The molecule has 0 saturated carbocycles. The summed E-state index contributed by atoms with van der Waals surface area (Å²) < 4.78 is 20.2. The first-order valence-electron chi connectivity index (χ1n) is 11.7. The van der Waals surface area contributed by atoms with Gasteiger partial charge in [-0.05, 0) is 49.7 Å². The molecule has 0 unspecified atom stereocenters. The van der Waals surface area contributed by atoms with Crippen molar-refractivity contribution in [2.75, 3.05) is 19.6 Å². The predicted molar refractivity (Wildman–Crippen MR) is 132 cm³/mol. The molecule has 0 radical (unpaired) electrons. The molecule has 0 bridgehead atoms. The minimum Gasteiger partial charge on any atom is -0.439 e. The minimum atomic E-state index is -0.797. The van der Waals surface area contributed by atoms with Gasteiger partial charge in [0.2, 0.25) is 5.88 Å². The van der Waals surface area contributed by atoms with Crippen LogP contribution in [0.25, 0.3) is 0 Å². The molecule has 0 aliphatic carbocycles. The highest BCUT2D eigenvalue weighted by molar-refractivity contribution is 6.30. The molecule has 2 fully saturated rings. The first-order valence-corrected chi connectivity index (χ1v) is 12.0. The van der Waals surface area contributed by atoms with E-state index in [1.54, 1.807) is 41.3 Å². The molecule has 0 N–H and O–H groups in total. The third kappa shape index (κ3) is 4.72. The van der Waals surface area contributed by atoms with E-state index < -0.39 is 16.6 Å². The van der Waals surface area contributed by atoms with Crippen LogP contribution in [0.4, 0.5) is 10.1 Å². The first-order chi connectivity index (χ1) is 17.7.